The number of rotatable bonds is 6. The van der Waals surface area contributed by atoms with Crippen LogP contribution in [0.15, 0.2) is 47.2 Å². The molecule has 1 atom stereocenters. The van der Waals surface area contributed by atoms with Crippen LogP contribution in [0.2, 0.25) is 0 Å². The fourth-order valence-electron chi connectivity index (χ4n) is 2.95. The number of nitro groups is 1. The molecule has 3 heterocycles. The largest absolute Gasteiger partial charge is 0.377 e. The molecule has 9 heteroatoms. The van der Waals surface area contributed by atoms with E-state index in [1.807, 2.05) is 0 Å². The molecule has 0 bridgehead atoms. The number of pyridine rings is 1. The topological polar surface area (TPSA) is 116 Å². The molecule has 0 radical (unpaired) electrons. The minimum Gasteiger partial charge on any atom is -0.377 e. The molecule has 0 saturated carbocycles. The normalized spacial score (nSPS) is 16.4. The van der Waals surface area contributed by atoms with E-state index in [-0.39, 0.29) is 17.7 Å². The van der Waals surface area contributed by atoms with Crippen LogP contribution in [0.25, 0.3) is 22.8 Å². The number of aromatic nitrogens is 3. The summed E-state index contributed by atoms with van der Waals surface area (Å²) in [6.45, 7) is 1.28. The van der Waals surface area contributed by atoms with Crippen LogP contribution >= 0.6 is 0 Å². The van der Waals surface area contributed by atoms with Gasteiger partial charge in [-0.3, -0.25) is 15.1 Å². The van der Waals surface area contributed by atoms with Crippen LogP contribution in [0, 0.1) is 10.1 Å². The predicted molar refractivity (Wildman–Crippen MR) is 97.1 cm³/mol. The van der Waals surface area contributed by atoms with E-state index >= 15 is 0 Å². The van der Waals surface area contributed by atoms with E-state index in [0.29, 0.717) is 23.6 Å². The lowest BCUT2D eigenvalue weighted by molar-refractivity contribution is -0.383. The number of benzene rings is 1. The quantitative estimate of drug-likeness (QED) is 0.521. The Morgan fingerprint density at radius 2 is 2.07 bits per heavy atom. The van der Waals surface area contributed by atoms with Crippen LogP contribution in [0.1, 0.15) is 12.8 Å². The molecule has 1 aliphatic heterocycles. The summed E-state index contributed by atoms with van der Waals surface area (Å²) < 4.78 is 10.8. The van der Waals surface area contributed by atoms with Crippen molar-refractivity contribution in [2.24, 2.45) is 0 Å². The van der Waals surface area contributed by atoms with Gasteiger partial charge < -0.3 is 14.6 Å². The van der Waals surface area contributed by atoms with Gasteiger partial charge in [0.25, 0.3) is 11.6 Å². The van der Waals surface area contributed by atoms with E-state index < -0.39 is 4.92 Å². The van der Waals surface area contributed by atoms with Crippen molar-refractivity contribution in [3.8, 4) is 22.8 Å². The third-order valence-corrected chi connectivity index (χ3v) is 4.35. The average Bonchev–Trinajstić information content (AvgIpc) is 3.39. The van der Waals surface area contributed by atoms with Gasteiger partial charge in [0.1, 0.15) is 5.69 Å². The van der Waals surface area contributed by atoms with Crippen LogP contribution in [0.3, 0.4) is 0 Å². The summed E-state index contributed by atoms with van der Waals surface area (Å²) in [5, 5.41) is 18.5. The molecule has 0 spiro atoms. The number of nitro benzene ring substituents is 1. The second-order valence-electron chi connectivity index (χ2n) is 6.16. The number of ether oxygens (including phenoxy) is 1. The molecule has 138 valence electrons. The summed E-state index contributed by atoms with van der Waals surface area (Å²) in [6, 6.07) is 8.32. The number of anilines is 1. The lowest BCUT2D eigenvalue weighted by atomic mass is 10.1. The summed E-state index contributed by atoms with van der Waals surface area (Å²) in [7, 11) is 0. The summed E-state index contributed by atoms with van der Waals surface area (Å²) >= 11 is 0. The summed E-state index contributed by atoms with van der Waals surface area (Å²) in [6.07, 6.45) is 5.32. The van der Waals surface area contributed by atoms with Crippen LogP contribution in [0.5, 0.6) is 0 Å². The first kappa shape index (κ1) is 17.1. The highest BCUT2D eigenvalue weighted by atomic mass is 16.6. The van der Waals surface area contributed by atoms with E-state index in [4.69, 9.17) is 9.26 Å². The van der Waals surface area contributed by atoms with Gasteiger partial charge >= 0.3 is 0 Å². The van der Waals surface area contributed by atoms with Gasteiger partial charge in [0.15, 0.2) is 0 Å². The standard InChI is InChI=1S/C18H17N5O4/c24-23(25)16-10-13(3-4-15(16)20-11-14-2-1-9-26-14)18-21-17(22-27-18)12-5-7-19-8-6-12/h3-8,10,14,20H,1-2,9,11H2/t14-/m1/s1. The Morgan fingerprint density at radius 1 is 1.22 bits per heavy atom. The van der Waals surface area contributed by atoms with Crippen LogP contribution < -0.4 is 5.32 Å². The SMILES string of the molecule is O=[N+]([O-])c1cc(-c2nc(-c3ccncc3)no2)ccc1NC[C@H]1CCCO1. The van der Waals surface area contributed by atoms with E-state index in [9.17, 15) is 10.1 Å². The molecule has 1 N–H and O–H groups in total. The van der Waals surface area contributed by atoms with Gasteiger partial charge in [-0.1, -0.05) is 5.16 Å². The molecule has 1 aliphatic rings. The fourth-order valence-corrected chi connectivity index (χ4v) is 2.95. The zero-order chi connectivity index (χ0) is 18.6. The molecule has 1 saturated heterocycles. The lowest BCUT2D eigenvalue weighted by Gasteiger charge is -2.12. The second kappa shape index (κ2) is 7.50. The number of hydrogen-bond donors (Lipinski definition) is 1. The van der Waals surface area contributed by atoms with Crippen LogP contribution in [-0.2, 0) is 4.74 Å². The van der Waals surface area contributed by atoms with Crippen LogP contribution in [-0.4, -0.2) is 39.3 Å². The minimum absolute atomic E-state index is 0.0471. The lowest BCUT2D eigenvalue weighted by Crippen LogP contribution is -2.18. The minimum atomic E-state index is -0.429. The Kier molecular flexibility index (Phi) is 4.75. The maximum atomic E-state index is 11.5. The van der Waals surface area contributed by atoms with Crippen molar-refractivity contribution in [2.75, 3.05) is 18.5 Å². The Balaban J connectivity index is 1.57. The predicted octanol–water partition coefficient (Wildman–Crippen LogP) is 3.30. The van der Waals surface area contributed by atoms with Crippen molar-refractivity contribution < 1.29 is 14.2 Å². The zero-order valence-electron chi connectivity index (χ0n) is 14.4. The monoisotopic (exact) mass is 367 g/mol. The smallest absolute Gasteiger partial charge is 0.293 e. The molecule has 1 aromatic carbocycles. The molecular formula is C18H17N5O4. The Bertz CT molecular complexity index is 938. The van der Waals surface area contributed by atoms with Crippen molar-refractivity contribution in [1.82, 2.24) is 15.1 Å². The van der Waals surface area contributed by atoms with Gasteiger partial charge in [0, 0.05) is 42.7 Å². The Morgan fingerprint density at radius 3 is 2.81 bits per heavy atom. The van der Waals surface area contributed by atoms with Crippen molar-refractivity contribution in [3.05, 3.63) is 52.8 Å². The third kappa shape index (κ3) is 3.77. The van der Waals surface area contributed by atoms with Gasteiger partial charge in [0.05, 0.1) is 11.0 Å². The molecule has 0 unspecified atom stereocenters. The molecule has 9 nitrogen and oxygen atoms in total. The number of nitrogens with zero attached hydrogens (tertiary/aromatic N) is 4. The molecule has 27 heavy (non-hydrogen) atoms. The highest BCUT2D eigenvalue weighted by Crippen LogP contribution is 2.31. The van der Waals surface area contributed by atoms with E-state index in [1.165, 1.54) is 6.07 Å². The maximum absolute atomic E-state index is 11.5. The van der Waals surface area contributed by atoms with Gasteiger partial charge in [-0.2, -0.15) is 4.98 Å². The first-order valence-electron chi connectivity index (χ1n) is 8.59. The summed E-state index contributed by atoms with van der Waals surface area (Å²) in [5.74, 6) is 0.617. The van der Waals surface area contributed by atoms with E-state index in [2.05, 4.69) is 20.4 Å². The molecular weight excluding hydrogens is 350 g/mol. The molecule has 0 aliphatic carbocycles. The van der Waals surface area contributed by atoms with Gasteiger partial charge in [-0.15, -0.1) is 0 Å². The van der Waals surface area contributed by atoms with E-state index in [0.717, 1.165) is 25.0 Å². The van der Waals surface area contributed by atoms with Gasteiger partial charge in [-0.05, 0) is 37.1 Å². The molecule has 3 aromatic rings. The van der Waals surface area contributed by atoms with Gasteiger partial charge in [-0.25, -0.2) is 0 Å². The molecule has 4 rings (SSSR count). The Hall–Kier alpha value is -3.33. The zero-order valence-corrected chi connectivity index (χ0v) is 14.4. The molecule has 1 fully saturated rings. The first-order chi connectivity index (χ1) is 13.2. The van der Waals surface area contributed by atoms with Gasteiger partial charge in [0.2, 0.25) is 5.82 Å². The second-order valence-corrected chi connectivity index (χ2v) is 6.16. The first-order valence-corrected chi connectivity index (χ1v) is 8.59. The highest BCUT2D eigenvalue weighted by Gasteiger charge is 2.21. The third-order valence-electron chi connectivity index (χ3n) is 4.35. The maximum Gasteiger partial charge on any atom is 0.293 e. The molecule has 0 amide bonds. The number of nitrogens with one attached hydrogen (secondary N) is 1. The molecule has 2 aromatic heterocycles. The summed E-state index contributed by atoms with van der Waals surface area (Å²) in [5.41, 5.74) is 1.63. The van der Waals surface area contributed by atoms with Crippen LogP contribution in [0.4, 0.5) is 11.4 Å². The average molecular weight is 367 g/mol. The highest BCUT2D eigenvalue weighted by molar-refractivity contribution is 5.70. The summed E-state index contributed by atoms with van der Waals surface area (Å²) in [4.78, 5) is 19.3. The van der Waals surface area contributed by atoms with Crippen molar-refractivity contribution in [1.29, 1.82) is 0 Å². The Labute approximate surface area is 154 Å². The van der Waals surface area contributed by atoms with Crippen molar-refractivity contribution >= 4 is 11.4 Å². The van der Waals surface area contributed by atoms with Crippen molar-refractivity contribution in [3.63, 3.8) is 0 Å². The number of hydrogen-bond acceptors (Lipinski definition) is 8. The fraction of sp³-hybridized carbons (Fsp3) is 0.278. The van der Waals surface area contributed by atoms with E-state index in [1.54, 1.807) is 36.7 Å². The van der Waals surface area contributed by atoms with Crippen molar-refractivity contribution in [2.45, 2.75) is 18.9 Å².